The van der Waals surface area contributed by atoms with E-state index in [4.69, 9.17) is 5.73 Å². The Balaban J connectivity index is 2.65. The average molecular weight is 256 g/mol. The first-order chi connectivity index (χ1) is 8.45. The van der Waals surface area contributed by atoms with Crippen molar-refractivity contribution in [3.05, 3.63) is 35.5 Å². The topological polar surface area (TPSA) is 30.9 Å². The first kappa shape index (κ1) is 13.0. The van der Waals surface area contributed by atoms with E-state index in [2.05, 4.69) is 0 Å². The predicted molar refractivity (Wildman–Crippen MR) is 65.3 cm³/mol. The van der Waals surface area contributed by atoms with Crippen molar-refractivity contribution in [2.45, 2.75) is 19.0 Å². The maximum atomic E-state index is 13.0. The van der Waals surface area contributed by atoms with E-state index >= 15 is 0 Å². The van der Waals surface area contributed by atoms with Gasteiger partial charge in [-0.3, -0.25) is 0 Å². The Morgan fingerprint density at radius 2 is 2.00 bits per heavy atom. The van der Waals surface area contributed by atoms with Crippen LogP contribution in [0.5, 0.6) is 0 Å². The Kier molecular flexibility index (Phi) is 3.34. The number of aromatic nitrogens is 1. The van der Waals surface area contributed by atoms with E-state index in [1.54, 1.807) is 23.9 Å². The molecule has 5 heteroatoms. The number of hydrogen-bond donors (Lipinski definition) is 1. The average Bonchev–Trinajstić information content (AvgIpc) is 2.63. The molecule has 0 radical (unpaired) electrons. The largest absolute Gasteiger partial charge is 0.417 e. The summed E-state index contributed by atoms with van der Waals surface area (Å²) in [5, 5.41) is 0.306. The number of halogens is 3. The molecule has 0 saturated heterocycles. The van der Waals surface area contributed by atoms with Gasteiger partial charge in [0.15, 0.2) is 0 Å². The summed E-state index contributed by atoms with van der Waals surface area (Å²) in [5.74, 6) is 0. The summed E-state index contributed by atoms with van der Waals surface area (Å²) in [6.45, 7) is 0.477. The van der Waals surface area contributed by atoms with E-state index in [1.165, 1.54) is 6.07 Å². The summed E-state index contributed by atoms with van der Waals surface area (Å²) < 4.78 is 40.7. The minimum absolute atomic E-state index is 0.306. The van der Waals surface area contributed by atoms with Gasteiger partial charge in [-0.05, 0) is 37.1 Å². The number of nitrogens with two attached hydrogens (primary N) is 1. The van der Waals surface area contributed by atoms with Gasteiger partial charge in [0.1, 0.15) is 0 Å². The second-order valence-electron chi connectivity index (χ2n) is 4.35. The zero-order valence-corrected chi connectivity index (χ0v) is 10.1. The standard InChI is InChI=1S/C13H15F3N2/c1-18-8-9(4-3-7-17)12-10(13(14,15)16)5-2-6-11(12)18/h2,5-6,8H,3-4,7,17H2,1H3. The highest BCUT2D eigenvalue weighted by atomic mass is 19.4. The number of rotatable bonds is 3. The van der Waals surface area contributed by atoms with Crippen LogP contribution < -0.4 is 5.73 Å². The number of alkyl halides is 3. The molecule has 0 aliphatic rings. The lowest BCUT2D eigenvalue weighted by atomic mass is 10.0. The summed E-state index contributed by atoms with van der Waals surface area (Å²) in [6.07, 6.45) is -1.31. The third-order valence-electron chi connectivity index (χ3n) is 3.05. The van der Waals surface area contributed by atoms with E-state index in [0.29, 0.717) is 35.9 Å². The fourth-order valence-electron chi connectivity index (χ4n) is 2.26. The molecule has 0 atom stereocenters. The van der Waals surface area contributed by atoms with Crippen LogP contribution in [0, 0.1) is 0 Å². The van der Waals surface area contributed by atoms with Crippen LogP contribution in [0.2, 0.25) is 0 Å². The maximum absolute atomic E-state index is 13.0. The minimum Gasteiger partial charge on any atom is -0.350 e. The Labute approximate surface area is 103 Å². The van der Waals surface area contributed by atoms with Crippen molar-refractivity contribution < 1.29 is 13.2 Å². The van der Waals surface area contributed by atoms with E-state index in [1.807, 2.05) is 0 Å². The molecule has 1 aromatic carbocycles. The molecule has 2 nitrogen and oxygen atoms in total. The van der Waals surface area contributed by atoms with Crippen molar-refractivity contribution in [1.29, 1.82) is 0 Å². The van der Waals surface area contributed by atoms with Crippen LogP contribution in [-0.2, 0) is 19.6 Å². The zero-order valence-electron chi connectivity index (χ0n) is 10.1. The monoisotopic (exact) mass is 256 g/mol. The molecule has 0 unspecified atom stereocenters. The SMILES string of the molecule is Cn1cc(CCCN)c2c(C(F)(F)F)cccc21. The van der Waals surface area contributed by atoms with Crippen molar-refractivity contribution in [2.75, 3.05) is 6.54 Å². The quantitative estimate of drug-likeness (QED) is 0.898. The molecule has 0 fully saturated rings. The first-order valence-electron chi connectivity index (χ1n) is 5.79. The number of aryl methyl sites for hydroxylation is 2. The molecule has 0 bridgehead atoms. The van der Waals surface area contributed by atoms with Crippen LogP contribution in [-0.4, -0.2) is 11.1 Å². The summed E-state index contributed by atoms with van der Waals surface area (Å²) in [4.78, 5) is 0. The highest BCUT2D eigenvalue weighted by Gasteiger charge is 2.33. The Hall–Kier alpha value is -1.49. The van der Waals surface area contributed by atoms with E-state index in [0.717, 1.165) is 6.07 Å². The molecule has 1 heterocycles. The molecule has 0 aliphatic heterocycles. The Morgan fingerprint density at radius 1 is 1.28 bits per heavy atom. The highest BCUT2D eigenvalue weighted by molar-refractivity contribution is 5.87. The molecule has 0 amide bonds. The van der Waals surface area contributed by atoms with Crippen LogP contribution in [0.1, 0.15) is 17.5 Å². The van der Waals surface area contributed by atoms with Gasteiger partial charge in [-0.2, -0.15) is 13.2 Å². The maximum Gasteiger partial charge on any atom is 0.417 e. The second-order valence-corrected chi connectivity index (χ2v) is 4.35. The third-order valence-corrected chi connectivity index (χ3v) is 3.05. The molecule has 2 rings (SSSR count). The number of nitrogens with zero attached hydrogens (tertiary/aromatic N) is 1. The van der Waals surface area contributed by atoms with Crippen molar-refractivity contribution in [3.63, 3.8) is 0 Å². The van der Waals surface area contributed by atoms with Gasteiger partial charge in [-0.15, -0.1) is 0 Å². The summed E-state index contributed by atoms with van der Waals surface area (Å²) in [7, 11) is 1.76. The molecule has 0 saturated carbocycles. The van der Waals surface area contributed by atoms with Crippen molar-refractivity contribution in [1.82, 2.24) is 4.57 Å². The van der Waals surface area contributed by atoms with Gasteiger partial charge in [-0.25, -0.2) is 0 Å². The van der Waals surface area contributed by atoms with Gasteiger partial charge < -0.3 is 10.3 Å². The molecule has 2 N–H and O–H groups in total. The lowest BCUT2D eigenvalue weighted by Gasteiger charge is -2.10. The Bertz CT molecular complexity index is 555. The second kappa shape index (κ2) is 4.65. The minimum atomic E-state index is -4.32. The lowest BCUT2D eigenvalue weighted by molar-refractivity contribution is -0.136. The number of hydrogen-bond acceptors (Lipinski definition) is 1. The first-order valence-corrected chi connectivity index (χ1v) is 5.79. The van der Waals surface area contributed by atoms with Crippen molar-refractivity contribution in [3.8, 4) is 0 Å². The van der Waals surface area contributed by atoms with Crippen LogP contribution in [0.4, 0.5) is 13.2 Å². The number of fused-ring (bicyclic) bond motifs is 1. The normalized spacial score (nSPS) is 12.3. The number of benzene rings is 1. The van der Waals surface area contributed by atoms with Crippen molar-refractivity contribution >= 4 is 10.9 Å². The lowest BCUT2D eigenvalue weighted by Crippen LogP contribution is -2.06. The summed E-state index contributed by atoms with van der Waals surface area (Å²) >= 11 is 0. The molecule has 18 heavy (non-hydrogen) atoms. The van der Waals surface area contributed by atoms with Crippen LogP contribution in [0.25, 0.3) is 10.9 Å². The van der Waals surface area contributed by atoms with Gasteiger partial charge in [0.2, 0.25) is 0 Å². The van der Waals surface area contributed by atoms with Gasteiger partial charge in [-0.1, -0.05) is 6.07 Å². The van der Waals surface area contributed by atoms with Gasteiger partial charge >= 0.3 is 6.18 Å². The summed E-state index contributed by atoms with van der Waals surface area (Å²) in [6, 6.07) is 4.28. The fourth-order valence-corrected chi connectivity index (χ4v) is 2.26. The summed E-state index contributed by atoms with van der Waals surface area (Å²) in [5.41, 5.74) is 6.18. The molecular weight excluding hydrogens is 241 g/mol. The van der Waals surface area contributed by atoms with Gasteiger partial charge in [0.25, 0.3) is 0 Å². The molecule has 1 aromatic heterocycles. The third kappa shape index (κ3) is 2.22. The van der Waals surface area contributed by atoms with E-state index < -0.39 is 11.7 Å². The van der Waals surface area contributed by atoms with E-state index in [-0.39, 0.29) is 0 Å². The van der Waals surface area contributed by atoms with Crippen LogP contribution in [0.3, 0.4) is 0 Å². The fraction of sp³-hybridized carbons (Fsp3) is 0.385. The molecule has 0 spiro atoms. The molecule has 2 aromatic rings. The molecule has 98 valence electrons. The van der Waals surface area contributed by atoms with Crippen LogP contribution >= 0.6 is 0 Å². The molecule has 0 aliphatic carbocycles. The van der Waals surface area contributed by atoms with Gasteiger partial charge in [0.05, 0.1) is 5.56 Å². The molecular formula is C13H15F3N2. The smallest absolute Gasteiger partial charge is 0.350 e. The van der Waals surface area contributed by atoms with E-state index in [9.17, 15) is 13.2 Å². The predicted octanol–water partition coefficient (Wildman–Crippen LogP) is 3.09. The zero-order chi connectivity index (χ0) is 13.3. The highest BCUT2D eigenvalue weighted by Crippen LogP contribution is 2.37. The van der Waals surface area contributed by atoms with Crippen LogP contribution in [0.15, 0.2) is 24.4 Å². The Morgan fingerprint density at radius 3 is 2.61 bits per heavy atom. The van der Waals surface area contributed by atoms with Gasteiger partial charge in [0, 0.05) is 24.1 Å². The van der Waals surface area contributed by atoms with Crippen molar-refractivity contribution in [2.24, 2.45) is 12.8 Å².